The van der Waals surface area contributed by atoms with Gasteiger partial charge in [0, 0.05) is 0 Å². The predicted molar refractivity (Wildman–Crippen MR) is 85.1 cm³/mol. The van der Waals surface area contributed by atoms with Gasteiger partial charge < -0.3 is 0 Å². The van der Waals surface area contributed by atoms with E-state index in [1.165, 1.54) is 18.9 Å². The Morgan fingerprint density at radius 1 is 0.895 bits per heavy atom. The monoisotopic (exact) mass is 265 g/mol. The summed E-state index contributed by atoms with van der Waals surface area (Å²) in [5.41, 5.74) is 3.16. The summed E-state index contributed by atoms with van der Waals surface area (Å²) in [5.74, 6) is 0.628. The fourth-order valence-electron chi connectivity index (χ4n) is 3.18. The SMILES string of the molecule is CC(C)c1ccccc1[Si-]1CCCc2ccccc21. The van der Waals surface area contributed by atoms with Crippen LogP contribution in [0, 0.1) is 0 Å². The van der Waals surface area contributed by atoms with E-state index in [1.807, 2.05) is 0 Å². The van der Waals surface area contributed by atoms with Crippen LogP contribution in [-0.4, -0.2) is 8.80 Å². The topological polar surface area (TPSA) is 0 Å². The highest BCUT2D eigenvalue weighted by Gasteiger charge is 2.12. The third kappa shape index (κ3) is 2.39. The van der Waals surface area contributed by atoms with Crippen LogP contribution >= 0.6 is 0 Å². The first-order valence-electron chi connectivity index (χ1n) is 7.31. The van der Waals surface area contributed by atoms with E-state index in [0.717, 1.165) is 0 Å². The lowest BCUT2D eigenvalue weighted by atomic mass is 10.0. The molecular formula is C18H21Si-. The van der Waals surface area contributed by atoms with Crippen molar-refractivity contribution in [3.63, 3.8) is 0 Å². The standard InChI is InChI=1S/C18H21Si/c1-14(2)16-10-4-6-12-18(16)19-13-7-9-15-8-3-5-11-17(15)19/h3-6,8,10-12,14H,7,9,13H2,1-2H3/q-1. The van der Waals surface area contributed by atoms with Gasteiger partial charge in [-0.3, -0.25) is 8.80 Å². The fourth-order valence-corrected chi connectivity index (χ4v) is 6.45. The van der Waals surface area contributed by atoms with Crippen LogP contribution in [0.5, 0.6) is 0 Å². The summed E-state index contributed by atoms with van der Waals surface area (Å²) >= 11 is 0. The van der Waals surface area contributed by atoms with Crippen molar-refractivity contribution in [3.05, 3.63) is 59.7 Å². The molecule has 0 saturated carbocycles. The van der Waals surface area contributed by atoms with Gasteiger partial charge in [0.1, 0.15) is 0 Å². The van der Waals surface area contributed by atoms with Gasteiger partial charge >= 0.3 is 0 Å². The van der Waals surface area contributed by atoms with E-state index in [4.69, 9.17) is 0 Å². The summed E-state index contributed by atoms with van der Waals surface area (Å²) in [5, 5.41) is 3.31. The van der Waals surface area contributed by atoms with Crippen molar-refractivity contribution in [2.75, 3.05) is 0 Å². The first kappa shape index (κ1) is 12.7. The van der Waals surface area contributed by atoms with E-state index in [9.17, 15) is 0 Å². The summed E-state index contributed by atoms with van der Waals surface area (Å²) in [6.45, 7) is 4.63. The zero-order chi connectivity index (χ0) is 13.2. The maximum absolute atomic E-state index is 2.38. The number of aryl methyl sites for hydroxylation is 1. The van der Waals surface area contributed by atoms with Crippen molar-refractivity contribution < 1.29 is 0 Å². The molecule has 0 N–H and O–H groups in total. The first-order valence-corrected chi connectivity index (χ1v) is 9.01. The maximum Gasteiger partial charge on any atom is -0.0245 e. The zero-order valence-corrected chi connectivity index (χ0v) is 12.8. The van der Waals surface area contributed by atoms with Crippen molar-refractivity contribution in [2.45, 2.75) is 38.7 Å². The molecule has 0 unspecified atom stereocenters. The molecule has 19 heavy (non-hydrogen) atoms. The normalized spacial score (nSPS) is 14.6. The molecular weight excluding hydrogens is 244 g/mol. The van der Waals surface area contributed by atoms with Gasteiger partial charge in [0.05, 0.1) is 0 Å². The molecule has 0 radical (unpaired) electrons. The Kier molecular flexibility index (Phi) is 3.56. The van der Waals surface area contributed by atoms with Crippen molar-refractivity contribution >= 4 is 19.2 Å². The van der Waals surface area contributed by atoms with Gasteiger partial charge in [-0.25, -0.2) is 0 Å². The van der Waals surface area contributed by atoms with Crippen LogP contribution in [0.3, 0.4) is 0 Å². The highest BCUT2D eigenvalue weighted by Crippen LogP contribution is 2.18. The van der Waals surface area contributed by atoms with E-state index >= 15 is 0 Å². The van der Waals surface area contributed by atoms with Gasteiger partial charge in [-0.1, -0.05) is 79.9 Å². The Labute approximate surface area is 118 Å². The second-order valence-corrected chi connectivity index (χ2v) is 8.27. The summed E-state index contributed by atoms with van der Waals surface area (Å²) in [4.78, 5) is 0. The Morgan fingerprint density at radius 3 is 2.37 bits per heavy atom. The molecule has 1 aliphatic rings. The minimum Gasteiger partial charge on any atom is -0.251 e. The zero-order valence-electron chi connectivity index (χ0n) is 11.8. The number of hydrogen-bond acceptors (Lipinski definition) is 0. The van der Waals surface area contributed by atoms with Gasteiger partial charge in [0.2, 0.25) is 0 Å². The third-order valence-electron chi connectivity index (χ3n) is 4.12. The fraction of sp³-hybridized carbons (Fsp3) is 0.333. The van der Waals surface area contributed by atoms with Crippen LogP contribution in [0.4, 0.5) is 0 Å². The molecule has 2 aromatic carbocycles. The van der Waals surface area contributed by atoms with Crippen LogP contribution < -0.4 is 10.4 Å². The van der Waals surface area contributed by atoms with E-state index in [1.54, 1.807) is 21.5 Å². The summed E-state index contributed by atoms with van der Waals surface area (Å²) in [7, 11) is -0.557. The van der Waals surface area contributed by atoms with Gasteiger partial charge in [-0.2, -0.15) is 16.4 Å². The van der Waals surface area contributed by atoms with Crippen molar-refractivity contribution in [1.29, 1.82) is 0 Å². The van der Waals surface area contributed by atoms with Crippen LogP contribution in [0.15, 0.2) is 48.5 Å². The molecule has 3 rings (SSSR count). The highest BCUT2D eigenvalue weighted by molar-refractivity contribution is 6.86. The number of fused-ring (bicyclic) bond motifs is 1. The lowest BCUT2D eigenvalue weighted by Crippen LogP contribution is -2.47. The first-order chi connectivity index (χ1) is 9.27. The molecule has 98 valence electrons. The van der Waals surface area contributed by atoms with Gasteiger partial charge in [-0.15, -0.1) is 0 Å². The molecule has 1 heterocycles. The molecule has 0 aliphatic carbocycles. The van der Waals surface area contributed by atoms with Crippen LogP contribution in [0.2, 0.25) is 6.04 Å². The molecule has 0 spiro atoms. The molecule has 2 aromatic rings. The lowest BCUT2D eigenvalue weighted by Gasteiger charge is -2.40. The number of rotatable bonds is 2. The summed E-state index contributed by atoms with van der Waals surface area (Å²) < 4.78 is 0. The third-order valence-corrected chi connectivity index (χ3v) is 7.22. The highest BCUT2D eigenvalue weighted by atomic mass is 28.3. The largest absolute Gasteiger partial charge is 0.251 e. The van der Waals surface area contributed by atoms with Crippen molar-refractivity contribution in [1.82, 2.24) is 0 Å². The predicted octanol–water partition coefficient (Wildman–Crippen LogP) is 3.37. The van der Waals surface area contributed by atoms with Crippen LogP contribution in [0.1, 0.15) is 37.3 Å². The van der Waals surface area contributed by atoms with Crippen molar-refractivity contribution in [2.24, 2.45) is 0 Å². The minimum atomic E-state index is -0.557. The molecule has 0 atom stereocenters. The Hall–Kier alpha value is -1.34. The van der Waals surface area contributed by atoms with E-state index in [0.29, 0.717) is 5.92 Å². The average molecular weight is 265 g/mol. The smallest absolute Gasteiger partial charge is 0.0245 e. The summed E-state index contributed by atoms with van der Waals surface area (Å²) in [6.07, 6.45) is 2.63. The van der Waals surface area contributed by atoms with Crippen LogP contribution in [-0.2, 0) is 6.42 Å². The molecule has 0 saturated heterocycles. The quantitative estimate of drug-likeness (QED) is 0.730. The van der Waals surface area contributed by atoms with Crippen molar-refractivity contribution in [3.8, 4) is 0 Å². The Morgan fingerprint density at radius 2 is 1.58 bits per heavy atom. The molecule has 0 nitrogen and oxygen atoms in total. The molecule has 1 aliphatic heterocycles. The molecule has 0 fully saturated rings. The van der Waals surface area contributed by atoms with E-state index in [-0.39, 0.29) is 0 Å². The second-order valence-electron chi connectivity index (χ2n) is 5.73. The molecule has 0 bridgehead atoms. The van der Waals surface area contributed by atoms with Crippen LogP contribution in [0.25, 0.3) is 0 Å². The van der Waals surface area contributed by atoms with E-state index < -0.39 is 8.80 Å². The molecule has 0 amide bonds. The summed E-state index contributed by atoms with van der Waals surface area (Å²) in [6, 6.07) is 19.6. The van der Waals surface area contributed by atoms with Gasteiger partial charge in [0.15, 0.2) is 0 Å². The lowest BCUT2D eigenvalue weighted by molar-refractivity contribution is 0.869. The number of benzene rings is 2. The average Bonchev–Trinajstić information content (AvgIpc) is 2.46. The second kappa shape index (κ2) is 5.34. The molecule has 1 heteroatoms. The van der Waals surface area contributed by atoms with Gasteiger partial charge in [-0.05, 0) is 12.3 Å². The minimum absolute atomic E-state index is 0.557. The van der Waals surface area contributed by atoms with E-state index in [2.05, 4.69) is 62.4 Å². The maximum atomic E-state index is 2.38. The Bertz CT molecular complexity index is 571. The molecule has 0 aromatic heterocycles. The Balaban J connectivity index is 2.09. The number of hydrogen-bond donors (Lipinski definition) is 0. The van der Waals surface area contributed by atoms with Gasteiger partial charge in [0.25, 0.3) is 0 Å².